The lowest BCUT2D eigenvalue weighted by Crippen LogP contribution is -2.18. The first-order valence-electron chi connectivity index (χ1n) is 9.54. The van der Waals surface area contributed by atoms with Gasteiger partial charge in [-0.15, -0.1) is 22.7 Å². The van der Waals surface area contributed by atoms with Gasteiger partial charge in [0.15, 0.2) is 5.69 Å². The lowest BCUT2D eigenvalue weighted by Gasteiger charge is -2.16. The number of halogens is 3. The normalized spacial score (nSPS) is 17.2. The van der Waals surface area contributed by atoms with Gasteiger partial charge in [0.1, 0.15) is 16.3 Å². The van der Waals surface area contributed by atoms with Crippen molar-refractivity contribution in [1.29, 1.82) is 0 Å². The molecule has 4 nitrogen and oxygen atoms in total. The van der Waals surface area contributed by atoms with Crippen LogP contribution in [-0.4, -0.2) is 17.2 Å². The molecule has 0 aromatic carbocycles. The molecular weight excluding hydrogens is 421 g/mol. The molecule has 0 aliphatic heterocycles. The van der Waals surface area contributed by atoms with E-state index in [9.17, 15) is 22.8 Å². The molecule has 1 N–H and O–H groups in total. The lowest BCUT2D eigenvalue weighted by atomic mass is 9.92. The molecule has 0 fully saturated rings. The Morgan fingerprint density at radius 2 is 1.83 bits per heavy atom. The van der Waals surface area contributed by atoms with Gasteiger partial charge in [-0.3, -0.25) is 9.59 Å². The molecule has 4 rings (SSSR count). The summed E-state index contributed by atoms with van der Waals surface area (Å²) in [6, 6.07) is 0. The van der Waals surface area contributed by atoms with Crippen molar-refractivity contribution in [3.63, 3.8) is 0 Å². The number of aromatic nitrogens is 1. The van der Waals surface area contributed by atoms with E-state index in [1.807, 2.05) is 0 Å². The van der Waals surface area contributed by atoms with Gasteiger partial charge in [0.05, 0.1) is 0 Å². The van der Waals surface area contributed by atoms with Crippen LogP contribution in [0.4, 0.5) is 18.2 Å². The van der Waals surface area contributed by atoms with Crippen LogP contribution in [0.25, 0.3) is 10.6 Å². The summed E-state index contributed by atoms with van der Waals surface area (Å²) in [6.45, 7) is 0. The predicted molar refractivity (Wildman–Crippen MR) is 107 cm³/mol. The molecule has 2 aromatic rings. The van der Waals surface area contributed by atoms with Gasteiger partial charge in [-0.1, -0.05) is 0 Å². The average molecular weight is 441 g/mol. The summed E-state index contributed by atoms with van der Waals surface area (Å²) in [5.41, 5.74) is 1.70. The number of aldehydes is 1. The Bertz CT molecular complexity index is 989. The maximum Gasteiger partial charge on any atom is 0.434 e. The van der Waals surface area contributed by atoms with Gasteiger partial charge in [0.2, 0.25) is 0 Å². The summed E-state index contributed by atoms with van der Waals surface area (Å²) < 4.78 is 39.2. The number of nitrogens with zero attached hydrogens (tertiary/aromatic N) is 1. The lowest BCUT2D eigenvalue weighted by molar-refractivity contribution is -0.140. The Morgan fingerprint density at radius 1 is 1.10 bits per heavy atom. The SMILES string of the molecule is O=CC1=C(C(=O)Nc2sc3c(c2-c2nc(C(F)(F)F)cs2)CCCC3)CCCC1. The van der Waals surface area contributed by atoms with Gasteiger partial charge in [-0.25, -0.2) is 4.98 Å². The quantitative estimate of drug-likeness (QED) is 0.614. The molecular formula is C20H19F3N2O2S2. The van der Waals surface area contributed by atoms with Crippen LogP contribution in [0.3, 0.4) is 0 Å². The van der Waals surface area contributed by atoms with E-state index in [1.54, 1.807) is 0 Å². The third-order valence-corrected chi connectivity index (χ3v) is 7.40. The highest BCUT2D eigenvalue weighted by atomic mass is 32.1. The number of anilines is 1. The van der Waals surface area contributed by atoms with Crippen molar-refractivity contribution in [2.75, 3.05) is 5.32 Å². The van der Waals surface area contributed by atoms with Crippen molar-refractivity contribution in [3.8, 4) is 10.6 Å². The van der Waals surface area contributed by atoms with Crippen LogP contribution in [0.15, 0.2) is 16.5 Å². The summed E-state index contributed by atoms with van der Waals surface area (Å²) in [7, 11) is 0. The van der Waals surface area contributed by atoms with E-state index in [1.165, 1.54) is 11.3 Å². The number of thiazole rings is 1. The Hall–Kier alpha value is -2.00. The van der Waals surface area contributed by atoms with Crippen molar-refractivity contribution in [2.24, 2.45) is 0 Å². The summed E-state index contributed by atoms with van der Waals surface area (Å²) in [5, 5.41) is 4.73. The number of amides is 1. The third-order valence-electron chi connectivity index (χ3n) is 5.33. The van der Waals surface area contributed by atoms with Crippen LogP contribution in [0.1, 0.15) is 54.7 Å². The Morgan fingerprint density at radius 3 is 2.55 bits per heavy atom. The monoisotopic (exact) mass is 440 g/mol. The second-order valence-electron chi connectivity index (χ2n) is 7.23. The molecule has 154 valence electrons. The van der Waals surface area contributed by atoms with Gasteiger partial charge in [0.25, 0.3) is 5.91 Å². The Balaban J connectivity index is 1.73. The maximum atomic E-state index is 13.1. The smallest absolute Gasteiger partial charge is 0.313 e. The zero-order valence-electron chi connectivity index (χ0n) is 15.5. The number of aryl methyl sites for hydroxylation is 1. The second-order valence-corrected chi connectivity index (χ2v) is 9.20. The summed E-state index contributed by atoms with van der Waals surface area (Å²) in [6.07, 6.45) is 2.68. The molecule has 0 spiro atoms. The average Bonchev–Trinajstić information content (AvgIpc) is 3.32. The molecule has 0 unspecified atom stereocenters. The number of allylic oxidation sites excluding steroid dienone is 1. The van der Waals surface area contributed by atoms with Crippen LogP contribution >= 0.6 is 22.7 Å². The number of hydrogen-bond donors (Lipinski definition) is 1. The van der Waals surface area contributed by atoms with Gasteiger partial charge in [-0.05, 0) is 56.9 Å². The highest BCUT2D eigenvalue weighted by Gasteiger charge is 2.35. The maximum absolute atomic E-state index is 13.1. The van der Waals surface area contributed by atoms with Crippen molar-refractivity contribution in [3.05, 3.63) is 32.7 Å². The van der Waals surface area contributed by atoms with E-state index >= 15 is 0 Å². The fourth-order valence-electron chi connectivity index (χ4n) is 3.90. The van der Waals surface area contributed by atoms with Gasteiger partial charge < -0.3 is 5.32 Å². The molecule has 1 amide bonds. The first-order valence-corrected chi connectivity index (χ1v) is 11.2. The number of carbonyl (C=O) groups excluding carboxylic acids is 2. The summed E-state index contributed by atoms with van der Waals surface area (Å²) in [4.78, 5) is 29.1. The first kappa shape index (κ1) is 20.3. The van der Waals surface area contributed by atoms with E-state index in [4.69, 9.17) is 0 Å². The predicted octanol–water partition coefficient (Wildman–Crippen LogP) is 5.78. The minimum atomic E-state index is -4.50. The molecule has 2 aliphatic rings. The van der Waals surface area contributed by atoms with Crippen LogP contribution in [-0.2, 0) is 28.6 Å². The van der Waals surface area contributed by atoms with E-state index in [0.29, 0.717) is 34.6 Å². The highest BCUT2D eigenvalue weighted by molar-refractivity contribution is 7.18. The van der Waals surface area contributed by atoms with Gasteiger partial charge >= 0.3 is 6.18 Å². The molecule has 2 aromatic heterocycles. The van der Waals surface area contributed by atoms with Gasteiger partial charge in [-0.2, -0.15) is 13.2 Å². The molecule has 0 atom stereocenters. The molecule has 2 heterocycles. The number of carbonyl (C=O) groups is 2. The molecule has 9 heteroatoms. The minimum Gasteiger partial charge on any atom is -0.313 e. The molecule has 0 saturated heterocycles. The fourth-order valence-corrected chi connectivity index (χ4v) is 6.15. The number of nitrogens with one attached hydrogen (secondary N) is 1. The zero-order chi connectivity index (χ0) is 20.6. The molecule has 0 bridgehead atoms. The Kier molecular flexibility index (Phi) is 5.61. The first-order chi connectivity index (χ1) is 13.9. The number of hydrogen-bond acceptors (Lipinski definition) is 5. The minimum absolute atomic E-state index is 0.278. The number of alkyl halides is 3. The van der Waals surface area contributed by atoms with E-state index in [-0.39, 0.29) is 10.9 Å². The van der Waals surface area contributed by atoms with E-state index in [0.717, 1.165) is 72.0 Å². The van der Waals surface area contributed by atoms with E-state index < -0.39 is 11.9 Å². The number of fused-ring (bicyclic) bond motifs is 1. The van der Waals surface area contributed by atoms with Gasteiger partial charge in [0, 0.05) is 27.0 Å². The Labute approximate surface area is 173 Å². The molecule has 0 saturated carbocycles. The third kappa shape index (κ3) is 4.02. The molecule has 29 heavy (non-hydrogen) atoms. The van der Waals surface area contributed by atoms with Crippen LogP contribution in [0, 0.1) is 0 Å². The van der Waals surface area contributed by atoms with Crippen LogP contribution in [0.5, 0.6) is 0 Å². The number of rotatable bonds is 4. The zero-order valence-corrected chi connectivity index (χ0v) is 17.2. The standard InChI is InChI=1S/C20H19F3N2O2S2/c21-20(22,23)15-10-28-18(24-15)16-13-7-3-4-8-14(13)29-19(16)25-17(27)12-6-2-1-5-11(12)9-26/h9-10H,1-8H2,(H,25,27). The largest absolute Gasteiger partial charge is 0.434 e. The highest BCUT2D eigenvalue weighted by Crippen LogP contribution is 2.46. The summed E-state index contributed by atoms with van der Waals surface area (Å²) in [5.74, 6) is -0.334. The summed E-state index contributed by atoms with van der Waals surface area (Å²) >= 11 is 2.36. The molecule has 2 aliphatic carbocycles. The van der Waals surface area contributed by atoms with Crippen LogP contribution in [0.2, 0.25) is 0 Å². The second kappa shape index (κ2) is 8.02. The molecule has 0 radical (unpaired) electrons. The van der Waals surface area contributed by atoms with E-state index in [2.05, 4.69) is 10.3 Å². The van der Waals surface area contributed by atoms with Crippen molar-refractivity contribution < 1.29 is 22.8 Å². The van der Waals surface area contributed by atoms with Crippen molar-refractivity contribution in [2.45, 2.75) is 57.5 Å². The van der Waals surface area contributed by atoms with Crippen LogP contribution < -0.4 is 5.32 Å². The van der Waals surface area contributed by atoms with Crippen molar-refractivity contribution >= 4 is 39.9 Å². The fraction of sp³-hybridized carbons (Fsp3) is 0.450. The topological polar surface area (TPSA) is 59.1 Å². The number of thiophene rings is 1. The van der Waals surface area contributed by atoms with Crippen molar-refractivity contribution in [1.82, 2.24) is 4.98 Å².